The molecule has 1 saturated heterocycles. The summed E-state index contributed by atoms with van der Waals surface area (Å²) in [5.74, 6) is 1.37. The number of amides is 1. The van der Waals surface area contributed by atoms with Gasteiger partial charge < -0.3 is 9.64 Å². The Morgan fingerprint density at radius 1 is 1.03 bits per heavy atom. The van der Waals surface area contributed by atoms with E-state index < -0.39 is 9.84 Å². The number of ether oxygens (including phenoxy) is 1. The van der Waals surface area contributed by atoms with Gasteiger partial charge in [0, 0.05) is 30.5 Å². The molecule has 6 heteroatoms. The summed E-state index contributed by atoms with van der Waals surface area (Å²) in [5.41, 5.74) is 3.98. The standard InChI is InChI=1S/C24H23NO4S/c1-25-13-18-12-17(6-7-20(18)24(25)26)19-8-9-23(22-5-3-2-4-21(19)22)29-14-16-10-11-30(27,28)15-16/h2-9,12,16H,10-11,13-15H2,1H3. The Bertz CT molecular complexity index is 1270. The van der Waals surface area contributed by atoms with Crippen LogP contribution in [0.5, 0.6) is 5.75 Å². The highest BCUT2D eigenvalue weighted by Crippen LogP contribution is 2.36. The normalized spacial score (nSPS) is 20.0. The van der Waals surface area contributed by atoms with Crippen LogP contribution in [0.3, 0.4) is 0 Å². The van der Waals surface area contributed by atoms with Crippen LogP contribution in [0.25, 0.3) is 21.9 Å². The molecule has 2 aliphatic rings. The molecule has 3 aromatic rings. The van der Waals surface area contributed by atoms with Gasteiger partial charge in [-0.3, -0.25) is 4.79 Å². The zero-order chi connectivity index (χ0) is 20.9. The predicted molar refractivity (Wildman–Crippen MR) is 117 cm³/mol. The van der Waals surface area contributed by atoms with Gasteiger partial charge in [0.05, 0.1) is 18.1 Å². The van der Waals surface area contributed by atoms with E-state index in [1.54, 1.807) is 4.90 Å². The summed E-state index contributed by atoms with van der Waals surface area (Å²) in [7, 11) is -1.09. The molecule has 1 unspecified atom stereocenters. The molecule has 5 nitrogen and oxygen atoms in total. The first-order valence-corrected chi connectivity index (χ1v) is 12.0. The second kappa shape index (κ2) is 7.13. The summed E-state index contributed by atoms with van der Waals surface area (Å²) in [6.45, 7) is 1.04. The molecule has 2 heterocycles. The van der Waals surface area contributed by atoms with Gasteiger partial charge in [-0.15, -0.1) is 0 Å². The summed E-state index contributed by atoms with van der Waals surface area (Å²) < 4.78 is 29.5. The fraction of sp³-hybridized carbons (Fsp3) is 0.292. The summed E-state index contributed by atoms with van der Waals surface area (Å²) in [6, 6.07) is 18.1. The van der Waals surface area contributed by atoms with E-state index >= 15 is 0 Å². The number of nitrogens with zero attached hydrogens (tertiary/aromatic N) is 1. The minimum absolute atomic E-state index is 0.0553. The largest absolute Gasteiger partial charge is 0.493 e. The van der Waals surface area contributed by atoms with Crippen LogP contribution in [0.4, 0.5) is 0 Å². The van der Waals surface area contributed by atoms with Crippen LogP contribution in [-0.2, 0) is 16.4 Å². The van der Waals surface area contributed by atoms with Gasteiger partial charge in [-0.1, -0.05) is 36.4 Å². The van der Waals surface area contributed by atoms with Gasteiger partial charge in [-0.25, -0.2) is 8.42 Å². The fourth-order valence-electron chi connectivity index (χ4n) is 4.49. The molecule has 154 valence electrons. The summed E-state index contributed by atoms with van der Waals surface area (Å²) >= 11 is 0. The van der Waals surface area contributed by atoms with E-state index in [9.17, 15) is 13.2 Å². The molecule has 30 heavy (non-hydrogen) atoms. The van der Waals surface area contributed by atoms with Crippen molar-refractivity contribution < 1.29 is 17.9 Å². The lowest BCUT2D eigenvalue weighted by molar-refractivity contribution is 0.0816. The van der Waals surface area contributed by atoms with Crippen molar-refractivity contribution in [2.45, 2.75) is 13.0 Å². The van der Waals surface area contributed by atoms with E-state index in [-0.39, 0.29) is 23.3 Å². The third kappa shape index (κ3) is 3.35. The third-order valence-corrected chi connectivity index (χ3v) is 7.92. The van der Waals surface area contributed by atoms with Gasteiger partial charge in [-0.05, 0) is 46.7 Å². The Balaban J connectivity index is 1.48. The van der Waals surface area contributed by atoms with Crippen molar-refractivity contribution in [1.82, 2.24) is 4.90 Å². The molecule has 0 bridgehead atoms. The van der Waals surface area contributed by atoms with Crippen LogP contribution >= 0.6 is 0 Å². The summed E-state index contributed by atoms with van der Waals surface area (Å²) in [6.07, 6.45) is 0.667. The monoisotopic (exact) mass is 421 g/mol. The van der Waals surface area contributed by atoms with E-state index in [4.69, 9.17) is 4.74 Å². The molecule has 0 spiro atoms. The number of hydrogen-bond acceptors (Lipinski definition) is 4. The molecule has 2 aliphatic heterocycles. The van der Waals surface area contributed by atoms with Gasteiger partial charge in [0.1, 0.15) is 5.75 Å². The summed E-state index contributed by atoms with van der Waals surface area (Å²) in [4.78, 5) is 13.9. The molecular weight excluding hydrogens is 398 g/mol. The fourth-order valence-corrected chi connectivity index (χ4v) is 6.33. The van der Waals surface area contributed by atoms with E-state index in [1.807, 2.05) is 49.5 Å². The number of carbonyl (C=O) groups excluding carboxylic acids is 1. The highest BCUT2D eigenvalue weighted by molar-refractivity contribution is 7.91. The van der Waals surface area contributed by atoms with Crippen molar-refractivity contribution in [3.63, 3.8) is 0 Å². The zero-order valence-electron chi connectivity index (χ0n) is 16.8. The van der Waals surface area contributed by atoms with Crippen LogP contribution in [0.2, 0.25) is 0 Å². The molecule has 1 atom stereocenters. The van der Waals surface area contributed by atoms with Crippen LogP contribution in [0.15, 0.2) is 54.6 Å². The number of rotatable bonds is 4. The van der Waals surface area contributed by atoms with Gasteiger partial charge in [0.15, 0.2) is 9.84 Å². The SMILES string of the molecule is CN1Cc2cc(-c3ccc(OCC4CCS(=O)(=O)C4)c4ccccc34)ccc2C1=O. The van der Waals surface area contributed by atoms with E-state index in [2.05, 4.69) is 12.1 Å². The van der Waals surface area contributed by atoms with Crippen LogP contribution < -0.4 is 4.74 Å². The Morgan fingerprint density at radius 3 is 2.57 bits per heavy atom. The molecule has 0 N–H and O–H groups in total. The smallest absolute Gasteiger partial charge is 0.254 e. The van der Waals surface area contributed by atoms with E-state index in [0.717, 1.165) is 38.8 Å². The van der Waals surface area contributed by atoms with E-state index in [0.29, 0.717) is 19.6 Å². The van der Waals surface area contributed by atoms with Crippen molar-refractivity contribution in [3.8, 4) is 16.9 Å². The molecule has 0 aliphatic carbocycles. The lowest BCUT2D eigenvalue weighted by atomic mass is 9.95. The highest BCUT2D eigenvalue weighted by Gasteiger charge is 2.28. The molecule has 0 aromatic heterocycles. The van der Waals surface area contributed by atoms with Gasteiger partial charge in [-0.2, -0.15) is 0 Å². The molecule has 0 radical (unpaired) electrons. The van der Waals surface area contributed by atoms with Crippen molar-refractivity contribution in [2.24, 2.45) is 5.92 Å². The van der Waals surface area contributed by atoms with Crippen LogP contribution in [0.1, 0.15) is 22.3 Å². The average Bonchev–Trinajstić information content (AvgIpc) is 3.23. The van der Waals surface area contributed by atoms with Gasteiger partial charge >= 0.3 is 0 Å². The quantitative estimate of drug-likeness (QED) is 0.641. The predicted octanol–water partition coefficient (Wildman–Crippen LogP) is 3.91. The third-order valence-electron chi connectivity index (χ3n) is 6.09. The Labute approximate surface area is 176 Å². The lowest BCUT2D eigenvalue weighted by Gasteiger charge is -2.15. The van der Waals surface area contributed by atoms with Crippen LogP contribution in [0, 0.1) is 5.92 Å². The van der Waals surface area contributed by atoms with Gasteiger partial charge in [0.25, 0.3) is 5.91 Å². The minimum atomic E-state index is -2.91. The van der Waals surface area contributed by atoms with Crippen molar-refractivity contribution in [1.29, 1.82) is 0 Å². The minimum Gasteiger partial charge on any atom is -0.493 e. The van der Waals surface area contributed by atoms with Gasteiger partial charge in [0.2, 0.25) is 0 Å². The maximum absolute atomic E-state index is 12.2. The first-order chi connectivity index (χ1) is 14.4. The molecular formula is C24H23NO4S. The zero-order valence-corrected chi connectivity index (χ0v) is 17.6. The number of fused-ring (bicyclic) bond motifs is 2. The molecule has 3 aromatic carbocycles. The highest BCUT2D eigenvalue weighted by atomic mass is 32.2. The molecule has 5 rings (SSSR count). The number of carbonyl (C=O) groups is 1. The van der Waals surface area contributed by atoms with Crippen molar-refractivity contribution in [3.05, 3.63) is 65.7 Å². The first kappa shape index (κ1) is 19.1. The number of hydrogen-bond donors (Lipinski definition) is 0. The molecule has 1 amide bonds. The Kier molecular flexibility index (Phi) is 4.54. The number of sulfone groups is 1. The summed E-state index contributed by atoms with van der Waals surface area (Å²) in [5, 5.41) is 2.08. The Hall–Kier alpha value is -2.86. The average molecular weight is 422 g/mol. The second-order valence-corrected chi connectivity index (χ2v) is 10.5. The second-order valence-electron chi connectivity index (χ2n) is 8.27. The Morgan fingerprint density at radius 2 is 1.80 bits per heavy atom. The van der Waals surface area contributed by atoms with Crippen LogP contribution in [-0.4, -0.2) is 44.4 Å². The van der Waals surface area contributed by atoms with E-state index in [1.165, 1.54) is 0 Å². The van der Waals surface area contributed by atoms with Crippen molar-refractivity contribution >= 4 is 26.5 Å². The lowest BCUT2D eigenvalue weighted by Crippen LogP contribution is -2.17. The molecule has 1 fully saturated rings. The topological polar surface area (TPSA) is 63.7 Å². The maximum atomic E-state index is 12.2. The number of benzene rings is 3. The first-order valence-electron chi connectivity index (χ1n) is 10.1. The maximum Gasteiger partial charge on any atom is 0.254 e. The van der Waals surface area contributed by atoms with Crippen molar-refractivity contribution in [2.75, 3.05) is 25.2 Å². The molecule has 0 saturated carbocycles.